The highest BCUT2D eigenvalue weighted by molar-refractivity contribution is 7.15. The molecular formula is C14H23N3OS. The van der Waals surface area contributed by atoms with Crippen LogP contribution in [0.5, 0.6) is 0 Å². The lowest BCUT2D eigenvalue weighted by Crippen LogP contribution is -2.48. The second-order valence-electron chi connectivity index (χ2n) is 5.35. The molecule has 4 nitrogen and oxygen atoms in total. The maximum absolute atomic E-state index is 5.89. The Morgan fingerprint density at radius 3 is 3.16 bits per heavy atom. The molecule has 2 fully saturated rings. The van der Waals surface area contributed by atoms with Crippen LogP contribution >= 0.6 is 11.3 Å². The minimum absolute atomic E-state index is 0.440. The average Bonchev–Trinajstić information content (AvgIpc) is 3.04. The number of aromatic nitrogens is 1. The number of aryl methyl sites for hydroxylation is 1. The summed E-state index contributed by atoms with van der Waals surface area (Å²) in [6, 6.07) is 0.562. The van der Waals surface area contributed by atoms with Gasteiger partial charge >= 0.3 is 0 Å². The number of nitrogens with zero attached hydrogens (tertiary/aromatic N) is 2. The first-order chi connectivity index (χ1) is 9.33. The van der Waals surface area contributed by atoms with Crippen LogP contribution in [0.3, 0.4) is 0 Å². The number of anilines is 1. The minimum atomic E-state index is 0.440. The zero-order chi connectivity index (χ0) is 13.2. The van der Waals surface area contributed by atoms with E-state index in [1.807, 2.05) is 18.4 Å². The summed E-state index contributed by atoms with van der Waals surface area (Å²) in [6.07, 6.45) is 5.23. The maximum atomic E-state index is 5.89. The van der Waals surface area contributed by atoms with Gasteiger partial charge < -0.3 is 15.0 Å². The lowest BCUT2D eigenvalue weighted by molar-refractivity contribution is 0.0256. The first-order valence-electron chi connectivity index (χ1n) is 7.35. The quantitative estimate of drug-likeness (QED) is 0.918. The summed E-state index contributed by atoms with van der Waals surface area (Å²) in [6.45, 7) is 4.97. The van der Waals surface area contributed by atoms with Crippen molar-refractivity contribution in [2.75, 3.05) is 25.1 Å². The van der Waals surface area contributed by atoms with Gasteiger partial charge in [0, 0.05) is 18.0 Å². The molecule has 0 spiro atoms. The Bertz CT molecular complexity index is 434. The molecule has 2 aliphatic rings. The van der Waals surface area contributed by atoms with E-state index in [2.05, 4.69) is 17.1 Å². The van der Waals surface area contributed by atoms with Crippen molar-refractivity contribution in [3.05, 3.63) is 10.6 Å². The van der Waals surface area contributed by atoms with Gasteiger partial charge in [0.05, 0.1) is 24.4 Å². The van der Waals surface area contributed by atoms with Crippen LogP contribution in [-0.2, 0) is 17.7 Å². The van der Waals surface area contributed by atoms with Gasteiger partial charge in [-0.15, -0.1) is 11.3 Å². The summed E-state index contributed by atoms with van der Waals surface area (Å²) in [4.78, 5) is 8.77. The molecule has 2 unspecified atom stereocenters. The van der Waals surface area contributed by atoms with E-state index in [4.69, 9.17) is 9.72 Å². The van der Waals surface area contributed by atoms with Crippen molar-refractivity contribution in [3.63, 3.8) is 0 Å². The number of thiazole rings is 1. The third-order valence-electron chi connectivity index (χ3n) is 4.17. The molecule has 0 aromatic carbocycles. The molecule has 106 valence electrons. The fourth-order valence-corrected chi connectivity index (χ4v) is 4.48. The molecule has 19 heavy (non-hydrogen) atoms. The fourth-order valence-electron chi connectivity index (χ4n) is 3.23. The number of ether oxygens (including phenoxy) is 1. The number of fused-ring (bicyclic) bond motifs is 1. The molecule has 5 heteroatoms. The van der Waals surface area contributed by atoms with E-state index in [-0.39, 0.29) is 0 Å². The van der Waals surface area contributed by atoms with E-state index in [0.29, 0.717) is 12.1 Å². The number of nitrogens with one attached hydrogen (secondary N) is 1. The molecule has 0 amide bonds. The average molecular weight is 281 g/mol. The molecular weight excluding hydrogens is 258 g/mol. The van der Waals surface area contributed by atoms with Crippen molar-refractivity contribution in [2.45, 2.75) is 51.3 Å². The Morgan fingerprint density at radius 2 is 2.37 bits per heavy atom. The summed E-state index contributed by atoms with van der Waals surface area (Å²) in [5, 5.41) is 4.46. The molecule has 1 aromatic rings. The van der Waals surface area contributed by atoms with Gasteiger partial charge in [0.2, 0.25) is 0 Å². The molecule has 2 atom stereocenters. The fraction of sp³-hybridized carbons (Fsp3) is 0.786. The Kier molecular flexibility index (Phi) is 4.05. The summed E-state index contributed by atoms with van der Waals surface area (Å²) in [7, 11) is 2.00. The van der Waals surface area contributed by atoms with E-state index >= 15 is 0 Å². The van der Waals surface area contributed by atoms with E-state index < -0.39 is 0 Å². The van der Waals surface area contributed by atoms with Gasteiger partial charge in [-0.1, -0.05) is 6.92 Å². The summed E-state index contributed by atoms with van der Waals surface area (Å²) < 4.78 is 5.89. The normalized spacial score (nSPS) is 26.7. The van der Waals surface area contributed by atoms with E-state index in [0.717, 1.165) is 26.1 Å². The molecule has 3 rings (SSSR count). The Balaban J connectivity index is 1.84. The van der Waals surface area contributed by atoms with Gasteiger partial charge in [0.25, 0.3) is 0 Å². The highest BCUT2D eigenvalue weighted by Gasteiger charge is 2.37. The predicted octanol–water partition coefficient (Wildman–Crippen LogP) is 2.18. The monoisotopic (exact) mass is 281 g/mol. The molecule has 1 saturated carbocycles. The number of hydrogen-bond acceptors (Lipinski definition) is 5. The molecule has 2 heterocycles. The van der Waals surface area contributed by atoms with Crippen molar-refractivity contribution >= 4 is 16.5 Å². The van der Waals surface area contributed by atoms with Crippen LogP contribution in [0.2, 0.25) is 0 Å². The van der Waals surface area contributed by atoms with Gasteiger partial charge in [0.15, 0.2) is 5.13 Å². The smallest absolute Gasteiger partial charge is 0.186 e. The Hall–Kier alpha value is -0.650. The van der Waals surface area contributed by atoms with Crippen molar-refractivity contribution in [1.29, 1.82) is 0 Å². The molecule has 1 aromatic heterocycles. The van der Waals surface area contributed by atoms with Gasteiger partial charge in [-0.05, 0) is 32.7 Å². The van der Waals surface area contributed by atoms with E-state index in [1.165, 1.54) is 35.0 Å². The van der Waals surface area contributed by atoms with Crippen molar-refractivity contribution in [3.8, 4) is 0 Å². The van der Waals surface area contributed by atoms with Crippen LogP contribution in [0.4, 0.5) is 5.13 Å². The summed E-state index contributed by atoms with van der Waals surface area (Å²) in [5.74, 6) is 0. The Morgan fingerprint density at radius 1 is 1.47 bits per heavy atom. The molecule has 1 saturated heterocycles. The van der Waals surface area contributed by atoms with E-state index in [9.17, 15) is 0 Å². The topological polar surface area (TPSA) is 37.4 Å². The van der Waals surface area contributed by atoms with Crippen LogP contribution in [0.25, 0.3) is 0 Å². The van der Waals surface area contributed by atoms with Crippen LogP contribution in [0.15, 0.2) is 0 Å². The van der Waals surface area contributed by atoms with Crippen molar-refractivity contribution in [1.82, 2.24) is 10.3 Å². The Labute approximate surface area is 119 Å². The second kappa shape index (κ2) is 5.77. The molecule has 1 aliphatic heterocycles. The van der Waals surface area contributed by atoms with Gasteiger partial charge in [-0.2, -0.15) is 0 Å². The summed E-state index contributed by atoms with van der Waals surface area (Å²) in [5.41, 5.74) is 1.26. The second-order valence-corrected chi connectivity index (χ2v) is 6.41. The largest absolute Gasteiger partial charge is 0.374 e. The number of hydrogen-bond donors (Lipinski definition) is 1. The zero-order valence-electron chi connectivity index (χ0n) is 11.8. The molecule has 0 bridgehead atoms. The first kappa shape index (κ1) is 13.3. The van der Waals surface area contributed by atoms with Crippen molar-refractivity contribution in [2.24, 2.45) is 0 Å². The third-order valence-corrected chi connectivity index (χ3v) is 5.30. The SMILES string of the molecule is CCc1nc(N2CCOC3CCCC32)sc1CNC. The maximum Gasteiger partial charge on any atom is 0.186 e. The summed E-state index contributed by atoms with van der Waals surface area (Å²) >= 11 is 1.86. The van der Waals surface area contributed by atoms with Crippen LogP contribution in [-0.4, -0.2) is 37.3 Å². The van der Waals surface area contributed by atoms with Crippen molar-refractivity contribution < 1.29 is 4.74 Å². The predicted molar refractivity (Wildman–Crippen MR) is 79.0 cm³/mol. The highest BCUT2D eigenvalue weighted by atomic mass is 32.1. The molecule has 1 aliphatic carbocycles. The van der Waals surface area contributed by atoms with Gasteiger partial charge in [-0.3, -0.25) is 0 Å². The zero-order valence-corrected chi connectivity index (χ0v) is 12.6. The van der Waals surface area contributed by atoms with Gasteiger partial charge in [-0.25, -0.2) is 4.98 Å². The van der Waals surface area contributed by atoms with Crippen LogP contribution < -0.4 is 10.2 Å². The number of rotatable bonds is 4. The van der Waals surface area contributed by atoms with E-state index in [1.54, 1.807) is 0 Å². The highest BCUT2D eigenvalue weighted by Crippen LogP contribution is 2.36. The third kappa shape index (κ3) is 2.51. The van der Waals surface area contributed by atoms with Crippen LogP contribution in [0.1, 0.15) is 36.8 Å². The lowest BCUT2D eigenvalue weighted by Gasteiger charge is -2.37. The van der Waals surface area contributed by atoms with Crippen LogP contribution in [0, 0.1) is 0 Å². The lowest BCUT2D eigenvalue weighted by atomic mass is 10.1. The number of morpholine rings is 1. The minimum Gasteiger partial charge on any atom is -0.374 e. The molecule has 0 radical (unpaired) electrons. The van der Waals surface area contributed by atoms with Gasteiger partial charge in [0.1, 0.15) is 0 Å². The molecule has 1 N–H and O–H groups in total. The standard InChI is InChI=1S/C14H23N3OS/c1-3-10-13(9-15-2)19-14(16-10)17-7-8-18-12-6-4-5-11(12)17/h11-12,15H,3-9H2,1-2H3. The first-order valence-corrected chi connectivity index (χ1v) is 8.16.